The van der Waals surface area contributed by atoms with Gasteiger partial charge >= 0.3 is 6.61 Å². The summed E-state index contributed by atoms with van der Waals surface area (Å²) in [6.45, 7) is -2.21. The van der Waals surface area contributed by atoms with Crippen LogP contribution in [-0.4, -0.2) is 25.1 Å². The molecule has 1 amide bonds. The second-order valence-electron chi connectivity index (χ2n) is 5.62. The van der Waals surface area contributed by atoms with Crippen molar-refractivity contribution in [1.82, 2.24) is 5.32 Å². The molecule has 2 rings (SSSR count). The molecule has 2 unspecified atom stereocenters. The number of halogens is 3. The fourth-order valence-electron chi connectivity index (χ4n) is 2.88. The Hall–Kier alpha value is -1.40. The molecular weight excluding hydrogens is 326 g/mol. The third kappa shape index (κ3) is 6.31. The summed E-state index contributed by atoms with van der Waals surface area (Å²) in [5.74, 6) is 0.521. The number of hydrogen-bond donors (Lipinski definition) is 2. The summed E-state index contributed by atoms with van der Waals surface area (Å²) >= 11 is 0. The maximum absolute atomic E-state index is 12.0. The first-order chi connectivity index (χ1) is 10.6. The first-order valence-electron chi connectivity index (χ1n) is 7.61. The minimum atomic E-state index is -2.82. The normalized spacial score (nSPS) is 20.2. The summed E-state index contributed by atoms with van der Waals surface area (Å²) in [6, 6.07) is 6.56. The van der Waals surface area contributed by atoms with Gasteiger partial charge in [0.2, 0.25) is 5.91 Å². The zero-order valence-corrected chi connectivity index (χ0v) is 13.7. The van der Waals surface area contributed by atoms with E-state index in [-0.39, 0.29) is 30.1 Å². The molecule has 1 aromatic rings. The molecule has 1 aliphatic carbocycles. The van der Waals surface area contributed by atoms with Gasteiger partial charge in [0.05, 0.1) is 0 Å². The highest BCUT2D eigenvalue weighted by molar-refractivity contribution is 5.85. The third-order valence-electron chi connectivity index (χ3n) is 4.10. The molecule has 130 valence electrons. The predicted octanol–water partition coefficient (Wildman–Crippen LogP) is 2.89. The highest BCUT2D eigenvalue weighted by Gasteiger charge is 2.26. The van der Waals surface area contributed by atoms with Gasteiger partial charge < -0.3 is 15.8 Å². The molecule has 0 saturated heterocycles. The van der Waals surface area contributed by atoms with Crippen molar-refractivity contribution in [3.63, 3.8) is 0 Å². The van der Waals surface area contributed by atoms with Gasteiger partial charge in [-0.2, -0.15) is 8.78 Å². The predicted molar refractivity (Wildman–Crippen MR) is 87.0 cm³/mol. The average Bonchev–Trinajstić information content (AvgIpc) is 2.93. The maximum Gasteiger partial charge on any atom is 0.387 e. The first-order valence-corrected chi connectivity index (χ1v) is 7.61. The number of carbonyl (C=O) groups is 1. The molecule has 2 atom stereocenters. The summed E-state index contributed by atoms with van der Waals surface area (Å²) in [4.78, 5) is 12.0. The molecule has 3 N–H and O–H groups in total. The number of nitrogens with one attached hydrogen (secondary N) is 1. The lowest BCUT2D eigenvalue weighted by molar-refractivity contribution is -0.122. The van der Waals surface area contributed by atoms with Gasteiger partial charge in [0.15, 0.2) is 0 Å². The van der Waals surface area contributed by atoms with Gasteiger partial charge in [-0.3, -0.25) is 4.79 Å². The molecule has 1 saturated carbocycles. The van der Waals surface area contributed by atoms with Crippen LogP contribution in [0.2, 0.25) is 0 Å². The second kappa shape index (κ2) is 9.67. The van der Waals surface area contributed by atoms with E-state index < -0.39 is 6.61 Å². The second-order valence-corrected chi connectivity index (χ2v) is 5.62. The van der Waals surface area contributed by atoms with E-state index in [9.17, 15) is 13.6 Å². The number of alkyl halides is 2. The van der Waals surface area contributed by atoms with E-state index in [1.807, 2.05) is 0 Å². The van der Waals surface area contributed by atoms with Gasteiger partial charge in [0.1, 0.15) is 5.75 Å². The van der Waals surface area contributed by atoms with E-state index in [0.717, 1.165) is 24.8 Å². The number of benzene rings is 1. The van der Waals surface area contributed by atoms with Gasteiger partial charge in [-0.05, 0) is 49.4 Å². The third-order valence-corrected chi connectivity index (χ3v) is 4.10. The monoisotopic (exact) mass is 348 g/mol. The van der Waals surface area contributed by atoms with E-state index >= 15 is 0 Å². The topological polar surface area (TPSA) is 64.3 Å². The van der Waals surface area contributed by atoms with Gasteiger partial charge in [-0.25, -0.2) is 0 Å². The average molecular weight is 349 g/mol. The van der Waals surface area contributed by atoms with Gasteiger partial charge in [-0.15, -0.1) is 12.4 Å². The highest BCUT2D eigenvalue weighted by Crippen LogP contribution is 2.24. The van der Waals surface area contributed by atoms with E-state index in [2.05, 4.69) is 10.1 Å². The quantitative estimate of drug-likeness (QED) is 0.796. The number of rotatable bonds is 7. The van der Waals surface area contributed by atoms with Crippen LogP contribution < -0.4 is 15.8 Å². The molecule has 1 fully saturated rings. The minimum Gasteiger partial charge on any atom is -0.435 e. The Kier molecular flexibility index (Phi) is 8.26. The zero-order chi connectivity index (χ0) is 15.9. The number of aryl methyl sites for hydroxylation is 1. The Labute approximate surface area is 141 Å². The van der Waals surface area contributed by atoms with Crippen LogP contribution in [0, 0.1) is 5.92 Å². The maximum atomic E-state index is 12.0. The van der Waals surface area contributed by atoms with E-state index in [1.54, 1.807) is 12.1 Å². The molecular formula is C16H23ClF2N2O2. The van der Waals surface area contributed by atoms with Crippen LogP contribution in [-0.2, 0) is 11.2 Å². The standard InChI is InChI=1S/C16H22F2N2O2.ClH/c17-16(18)22-13-7-4-11(5-8-13)6-9-15(21)20-14-3-1-2-12(14)10-19;/h4-5,7-8,12,14,16H,1-3,6,9-10,19H2,(H,20,21);1H. The Morgan fingerprint density at radius 3 is 2.61 bits per heavy atom. The lowest BCUT2D eigenvalue weighted by Gasteiger charge is -2.19. The van der Waals surface area contributed by atoms with Crippen molar-refractivity contribution in [2.24, 2.45) is 11.7 Å². The van der Waals surface area contributed by atoms with E-state index in [4.69, 9.17) is 5.73 Å². The Balaban J connectivity index is 0.00000264. The van der Waals surface area contributed by atoms with E-state index in [1.165, 1.54) is 12.1 Å². The van der Waals surface area contributed by atoms with Crippen LogP contribution in [0.5, 0.6) is 5.75 Å². The first kappa shape index (κ1) is 19.6. The molecule has 4 nitrogen and oxygen atoms in total. The number of amides is 1. The van der Waals surface area contributed by atoms with Crippen LogP contribution in [0.4, 0.5) is 8.78 Å². The molecule has 1 aromatic carbocycles. The summed E-state index contributed by atoms with van der Waals surface area (Å²) in [7, 11) is 0. The molecule has 0 bridgehead atoms. The van der Waals surface area contributed by atoms with Crippen molar-refractivity contribution in [2.75, 3.05) is 6.54 Å². The number of hydrogen-bond acceptors (Lipinski definition) is 3. The molecule has 0 radical (unpaired) electrons. The zero-order valence-electron chi connectivity index (χ0n) is 12.8. The summed E-state index contributed by atoms with van der Waals surface area (Å²) in [5.41, 5.74) is 6.61. The van der Waals surface area contributed by atoms with Crippen molar-refractivity contribution in [1.29, 1.82) is 0 Å². The molecule has 1 aliphatic rings. The fourth-order valence-corrected chi connectivity index (χ4v) is 2.88. The minimum absolute atomic E-state index is 0. The summed E-state index contributed by atoms with van der Waals surface area (Å²) < 4.78 is 28.4. The largest absolute Gasteiger partial charge is 0.435 e. The van der Waals surface area contributed by atoms with Gasteiger partial charge in [0, 0.05) is 12.5 Å². The van der Waals surface area contributed by atoms with Crippen LogP contribution in [0.3, 0.4) is 0 Å². The van der Waals surface area contributed by atoms with Crippen molar-refractivity contribution in [3.8, 4) is 5.75 Å². The lowest BCUT2D eigenvalue weighted by atomic mass is 10.0. The van der Waals surface area contributed by atoms with Crippen LogP contribution >= 0.6 is 12.4 Å². The highest BCUT2D eigenvalue weighted by atomic mass is 35.5. The summed E-state index contributed by atoms with van der Waals surface area (Å²) in [6.07, 6.45) is 4.13. The smallest absolute Gasteiger partial charge is 0.387 e. The van der Waals surface area contributed by atoms with Gasteiger partial charge in [-0.1, -0.05) is 18.6 Å². The van der Waals surface area contributed by atoms with Crippen LogP contribution in [0.25, 0.3) is 0 Å². The molecule has 0 aromatic heterocycles. The van der Waals surface area contributed by atoms with Crippen LogP contribution in [0.15, 0.2) is 24.3 Å². The van der Waals surface area contributed by atoms with Crippen molar-refractivity contribution in [3.05, 3.63) is 29.8 Å². The Morgan fingerprint density at radius 2 is 2.00 bits per heavy atom. The Bertz CT molecular complexity index is 485. The molecule has 0 aliphatic heterocycles. The van der Waals surface area contributed by atoms with Crippen LogP contribution in [0.1, 0.15) is 31.2 Å². The molecule has 23 heavy (non-hydrogen) atoms. The fraction of sp³-hybridized carbons (Fsp3) is 0.562. The molecule has 0 spiro atoms. The SMILES string of the molecule is Cl.NCC1CCCC1NC(=O)CCc1ccc(OC(F)F)cc1. The molecule has 0 heterocycles. The van der Waals surface area contributed by atoms with E-state index in [0.29, 0.717) is 25.3 Å². The Morgan fingerprint density at radius 1 is 1.30 bits per heavy atom. The van der Waals surface area contributed by atoms with Crippen molar-refractivity contribution in [2.45, 2.75) is 44.8 Å². The van der Waals surface area contributed by atoms with Gasteiger partial charge in [0.25, 0.3) is 0 Å². The number of ether oxygens (including phenoxy) is 1. The van der Waals surface area contributed by atoms with Crippen molar-refractivity contribution >= 4 is 18.3 Å². The van der Waals surface area contributed by atoms with Crippen molar-refractivity contribution < 1.29 is 18.3 Å². The molecule has 7 heteroatoms. The number of carbonyl (C=O) groups excluding carboxylic acids is 1. The number of nitrogens with two attached hydrogens (primary N) is 1. The summed E-state index contributed by atoms with van der Waals surface area (Å²) in [5, 5.41) is 3.04. The lowest BCUT2D eigenvalue weighted by Crippen LogP contribution is -2.39.